The standard InChI is InChI=1S/C7H8O3S.C4H7NO2/c1-6-2-4-7(5-3-6)11(8,9)10;5-3-1-2-7-4(3)6/h2-5H,1H3,(H,8,9,10);3H,1-2,5H2. The van der Waals surface area contributed by atoms with E-state index in [-0.39, 0.29) is 16.9 Å². The Morgan fingerprint density at radius 1 is 1.33 bits per heavy atom. The van der Waals surface area contributed by atoms with Gasteiger partial charge in [-0.1, -0.05) is 17.7 Å². The first-order valence-electron chi connectivity index (χ1n) is 5.27. The van der Waals surface area contributed by atoms with Crippen molar-refractivity contribution in [3.05, 3.63) is 29.8 Å². The summed E-state index contributed by atoms with van der Waals surface area (Å²) in [6.45, 7) is 2.34. The highest BCUT2D eigenvalue weighted by Gasteiger charge is 2.21. The molecule has 0 saturated carbocycles. The maximum atomic E-state index is 10.5. The van der Waals surface area contributed by atoms with Crippen LogP contribution in [0.25, 0.3) is 0 Å². The molecule has 0 bridgehead atoms. The van der Waals surface area contributed by atoms with Crippen LogP contribution < -0.4 is 5.73 Å². The summed E-state index contributed by atoms with van der Waals surface area (Å²) in [5.41, 5.74) is 6.16. The van der Waals surface area contributed by atoms with Gasteiger partial charge in [0.2, 0.25) is 0 Å². The van der Waals surface area contributed by atoms with E-state index in [9.17, 15) is 13.2 Å². The number of aryl methyl sites for hydroxylation is 1. The Labute approximate surface area is 105 Å². The molecule has 1 atom stereocenters. The van der Waals surface area contributed by atoms with Crippen molar-refractivity contribution in [2.45, 2.75) is 24.3 Å². The van der Waals surface area contributed by atoms with Gasteiger partial charge in [-0.05, 0) is 19.1 Å². The van der Waals surface area contributed by atoms with Crippen molar-refractivity contribution in [1.82, 2.24) is 0 Å². The van der Waals surface area contributed by atoms with Gasteiger partial charge in [-0.25, -0.2) is 0 Å². The molecular formula is C11H15NO5S. The smallest absolute Gasteiger partial charge is 0.323 e. The monoisotopic (exact) mass is 273 g/mol. The molecule has 6 nitrogen and oxygen atoms in total. The topological polar surface area (TPSA) is 107 Å². The summed E-state index contributed by atoms with van der Waals surface area (Å²) in [6.07, 6.45) is 0.679. The van der Waals surface area contributed by atoms with Gasteiger partial charge in [-0.3, -0.25) is 9.35 Å². The van der Waals surface area contributed by atoms with Gasteiger partial charge >= 0.3 is 5.97 Å². The number of ether oxygens (including phenoxy) is 1. The molecule has 100 valence electrons. The van der Waals surface area contributed by atoms with E-state index < -0.39 is 10.1 Å². The average Bonchev–Trinajstić information content (AvgIpc) is 2.63. The number of cyclic esters (lactones) is 1. The number of hydrogen-bond donors (Lipinski definition) is 2. The van der Waals surface area contributed by atoms with E-state index >= 15 is 0 Å². The third kappa shape index (κ3) is 4.44. The Morgan fingerprint density at radius 2 is 1.89 bits per heavy atom. The molecule has 2 rings (SSSR count). The summed E-state index contributed by atoms with van der Waals surface area (Å²) < 4.78 is 34.1. The van der Waals surface area contributed by atoms with Crippen LogP contribution in [0.1, 0.15) is 12.0 Å². The molecule has 18 heavy (non-hydrogen) atoms. The van der Waals surface area contributed by atoms with E-state index in [4.69, 9.17) is 10.3 Å². The van der Waals surface area contributed by atoms with E-state index in [1.807, 2.05) is 6.92 Å². The number of carbonyl (C=O) groups excluding carboxylic acids is 1. The minimum atomic E-state index is -4.02. The van der Waals surface area contributed by atoms with Crippen LogP contribution in [0.15, 0.2) is 29.2 Å². The first-order chi connectivity index (χ1) is 8.30. The molecule has 3 N–H and O–H groups in total. The Bertz CT molecular complexity index is 509. The van der Waals surface area contributed by atoms with E-state index in [0.717, 1.165) is 5.56 Å². The number of benzene rings is 1. The minimum Gasteiger partial charge on any atom is -0.464 e. The lowest BCUT2D eigenvalue weighted by Crippen LogP contribution is -2.24. The maximum absolute atomic E-state index is 10.5. The fraction of sp³-hybridized carbons (Fsp3) is 0.364. The van der Waals surface area contributed by atoms with Gasteiger partial charge in [-0.15, -0.1) is 0 Å². The third-order valence-electron chi connectivity index (χ3n) is 2.29. The van der Waals surface area contributed by atoms with Crippen molar-refractivity contribution in [2.24, 2.45) is 5.73 Å². The molecule has 7 heteroatoms. The quantitative estimate of drug-likeness (QED) is 0.570. The molecule has 1 aliphatic heterocycles. The molecule has 0 aliphatic carbocycles. The summed E-state index contributed by atoms with van der Waals surface area (Å²) in [7, 11) is -4.02. The summed E-state index contributed by atoms with van der Waals surface area (Å²) >= 11 is 0. The van der Waals surface area contributed by atoms with E-state index in [2.05, 4.69) is 4.74 Å². The number of esters is 1. The molecule has 1 saturated heterocycles. The number of rotatable bonds is 1. The van der Waals surface area contributed by atoms with Crippen LogP contribution in [0.2, 0.25) is 0 Å². The highest BCUT2D eigenvalue weighted by atomic mass is 32.2. The molecule has 0 radical (unpaired) electrons. The average molecular weight is 273 g/mol. The Kier molecular flexibility index (Phi) is 4.83. The van der Waals surface area contributed by atoms with Crippen LogP contribution in [-0.2, 0) is 19.6 Å². The van der Waals surface area contributed by atoms with Gasteiger partial charge in [-0.2, -0.15) is 8.42 Å². The van der Waals surface area contributed by atoms with Crippen molar-refractivity contribution in [1.29, 1.82) is 0 Å². The molecule has 0 aromatic heterocycles. The van der Waals surface area contributed by atoms with Crippen LogP contribution in [0.3, 0.4) is 0 Å². The van der Waals surface area contributed by atoms with Crippen LogP contribution in [-0.4, -0.2) is 31.6 Å². The molecular weight excluding hydrogens is 258 g/mol. The fourth-order valence-electron chi connectivity index (χ4n) is 1.22. The molecule has 1 aromatic rings. The van der Waals surface area contributed by atoms with Gasteiger partial charge in [0.1, 0.15) is 6.04 Å². The second-order valence-electron chi connectivity index (χ2n) is 3.85. The van der Waals surface area contributed by atoms with Gasteiger partial charge < -0.3 is 10.5 Å². The SMILES string of the molecule is Cc1ccc(S(=O)(=O)O)cc1.NC1CCOC1=O. The zero-order valence-corrected chi connectivity index (χ0v) is 10.7. The Hall–Kier alpha value is -1.44. The summed E-state index contributed by atoms with van der Waals surface area (Å²) in [4.78, 5) is 10.2. The molecule has 1 heterocycles. The lowest BCUT2D eigenvalue weighted by atomic mass is 10.2. The van der Waals surface area contributed by atoms with Crippen LogP contribution >= 0.6 is 0 Å². The zero-order valence-electron chi connectivity index (χ0n) is 9.87. The van der Waals surface area contributed by atoms with Crippen molar-refractivity contribution < 1.29 is 22.5 Å². The van der Waals surface area contributed by atoms with Crippen LogP contribution in [0.5, 0.6) is 0 Å². The molecule has 1 fully saturated rings. The highest BCUT2D eigenvalue weighted by molar-refractivity contribution is 7.85. The van der Waals surface area contributed by atoms with Crippen molar-refractivity contribution >= 4 is 16.1 Å². The fourth-order valence-corrected chi connectivity index (χ4v) is 1.70. The number of nitrogens with two attached hydrogens (primary N) is 1. The van der Waals surface area contributed by atoms with Gasteiger partial charge in [0, 0.05) is 6.42 Å². The summed E-state index contributed by atoms with van der Waals surface area (Å²) in [5.74, 6) is -0.264. The minimum absolute atomic E-state index is 0.0666. The van der Waals surface area contributed by atoms with Gasteiger partial charge in [0.05, 0.1) is 11.5 Å². The molecule has 0 amide bonds. The van der Waals surface area contributed by atoms with Crippen molar-refractivity contribution in [3.63, 3.8) is 0 Å². The summed E-state index contributed by atoms with van der Waals surface area (Å²) in [5, 5.41) is 0. The Balaban J connectivity index is 0.000000199. The first-order valence-corrected chi connectivity index (χ1v) is 6.71. The van der Waals surface area contributed by atoms with E-state index in [1.165, 1.54) is 12.1 Å². The zero-order chi connectivity index (χ0) is 13.8. The molecule has 1 aliphatic rings. The van der Waals surface area contributed by atoms with Gasteiger partial charge in [0.25, 0.3) is 10.1 Å². The van der Waals surface area contributed by atoms with E-state index in [0.29, 0.717) is 13.0 Å². The number of carbonyl (C=O) groups is 1. The lowest BCUT2D eigenvalue weighted by molar-refractivity contribution is -0.139. The van der Waals surface area contributed by atoms with Crippen LogP contribution in [0, 0.1) is 6.92 Å². The van der Waals surface area contributed by atoms with E-state index in [1.54, 1.807) is 12.1 Å². The third-order valence-corrected chi connectivity index (χ3v) is 3.16. The van der Waals surface area contributed by atoms with Crippen molar-refractivity contribution in [3.8, 4) is 0 Å². The van der Waals surface area contributed by atoms with Crippen LogP contribution in [0.4, 0.5) is 0 Å². The first kappa shape index (κ1) is 14.6. The molecule has 0 spiro atoms. The predicted octanol–water partition coefficient (Wildman–Crippen LogP) is 0.502. The molecule has 1 aromatic carbocycles. The number of hydrogen-bond acceptors (Lipinski definition) is 5. The Morgan fingerprint density at radius 3 is 2.17 bits per heavy atom. The lowest BCUT2D eigenvalue weighted by Gasteiger charge is -1.95. The second kappa shape index (κ2) is 5.94. The van der Waals surface area contributed by atoms with Crippen molar-refractivity contribution in [2.75, 3.05) is 6.61 Å². The maximum Gasteiger partial charge on any atom is 0.323 e. The van der Waals surface area contributed by atoms with Gasteiger partial charge in [0.15, 0.2) is 0 Å². The second-order valence-corrected chi connectivity index (χ2v) is 5.27. The highest BCUT2D eigenvalue weighted by Crippen LogP contribution is 2.08. The largest absolute Gasteiger partial charge is 0.464 e. The predicted molar refractivity (Wildman–Crippen MR) is 64.5 cm³/mol. The molecule has 1 unspecified atom stereocenters. The normalized spacial score (nSPS) is 18.8. The summed E-state index contributed by atoms with van der Waals surface area (Å²) in [6, 6.07) is 5.64.